The van der Waals surface area contributed by atoms with Gasteiger partial charge in [0.2, 0.25) is 15.9 Å². The van der Waals surface area contributed by atoms with Gasteiger partial charge in [0.25, 0.3) is 0 Å². The highest BCUT2D eigenvalue weighted by molar-refractivity contribution is 7.92. The van der Waals surface area contributed by atoms with Crippen LogP contribution in [0.4, 0.5) is 5.69 Å². The molecule has 0 aliphatic rings. The molecular formula is C22H29ClN2O5S. The van der Waals surface area contributed by atoms with Gasteiger partial charge in [0, 0.05) is 5.02 Å². The number of rotatable bonds is 9. The first-order valence-corrected chi connectivity index (χ1v) is 12.0. The summed E-state index contributed by atoms with van der Waals surface area (Å²) < 4.78 is 36.9. The van der Waals surface area contributed by atoms with Crippen LogP contribution in [0.1, 0.15) is 37.4 Å². The highest BCUT2D eigenvalue weighted by atomic mass is 35.5. The zero-order valence-electron chi connectivity index (χ0n) is 18.6. The lowest BCUT2D eigenvalue weighted by atomic mass is 10.0. The standard InChI is InChI=1S/C22H29ClN2O5S/c1-7-18(16-8-10-20(29-4)14(2)12-16)24-22(26)15(3)25(31(6,27)28)19-13-17(23)9-11-21(19)30-5/h8-13,15,18H,7H2,1-6H3,(H,24,26)/t15-,18-/m0/s1. The zero-order valence-corrected chi connectivity index (χ0v) is 20.2. The highest BCUT2D eigenvalue weighted by Gasteiger charge is 2.32. The van der Waals surface area contributed by atoms with Crippen LogP contribution in [0, 0.1) is 6.92 Å². The minimum Gasteiger partial charge on any atom is -0.496 e. The molecule has 0 unspecified atom stereocenters. The third-order valence-corrected chi connectivity index (χ3v) is 6.48. The normalized spacial score (nSPS) is 13.3. The first-order valence-electron chi connectivity index (χ1n) is 9.81. The number of nitrogens with zero attached hydrogens (tertiary/aromatic N) is 1. The summed E-state index contributed by atoms with van der Waals surface area (Å²) in [6.07, 6.45) is 1.67. The Kier molecular flexibility index (Phi) is 8.20. The molecule has 0 saturated carbocycles. The summed E-state index contributed by atoms with van der Waals surface area (Å²) in [5.74, 6) is 0.620. The van der Waals surface area contributed by atoms with Gasteiger partial charge in [-0.2, -0.15) is 0 Å². The van der Waals surface area contributed by atoms with Crippen molar-refractivity contribution in [3.8, 4) is 11.5 Å². The number of methoxy groups -OCH3 is 2. The Morgan fingerprint density at radius 3 is 2.26 bits per heavy atom. The van der Waals surface area contributed by atoms with Crippen LogP contribution >= 0.6 is 11.6 Å². The second-order valence-corrected chi connectivity index (χ2v) is 9.55. The molecule has 0 spiro atoms. The van der Waals surface area contributed by atoms with E-state index in [0.717, 1.165) is 27.4 Å². The topological polar surface area (TPSA) is 84.9 Å². The number of carbonyl (C=O) groups excluding carboxylic acids is 1. The van der Waals surface area contributed by atoms with Crippen molar-refractivity contribution in [1.82, 2.24) is 5.32 Å². The van der Waals surface area contributed by atoms with Crippen molar-refractivity contribution in [2.75, 3.05) is 24.8 Å². The maximum absolute atomic E-state index is 13.1. The quantitative estimate of drug-likeness (QED) is 0.599. The molecule has 0 fully saturated rings. The van der Waals surface area contributed by atoms with E-state index >= 15 is 0 Å². The average Bonchev–Trinajstić information content (AvgIpc) is 2.71. The number of benzene rings is 2. The first-order chi connectivity index (χ1) is 14.5. The lowest BCUT2D eigenvalue weighted by molar-refractivity contribution is -0.122. The van der Waals surface area contributed by atoms with Gasteiger partial charge in [0.1, 0.15) is 17.5 Å². The smallest absolute Gasteiger partial charge is 0.244 e. The summed E-state index contributed by atoms with van der Waals surface area (Å²) in [4.78, 5) is 13.1. The molecule has 31 heavy (non-hydrogen) atoms. The van der Waals surface area contributed by atoms with Crippen molar-refractivity contribution in [1.29, 1.82) is 0 Å². The molecule has 1 N–H and O–H groups in total. The molecule has 9 heteroatoms. The number of aryl methyl sites for hydroxylation is 1. The minimum absolute atomic E-state index is 0.202. The van der Waals surface area contributed by atoms with E-state index in [0.29, 0.717) is 17.2 Å². The summed E-state index contributed by atoms with van der Waals surface area (Å²) >= 11 is 6.09. The van der Waals surface area contributed by atoms with Gasteiger partial charge in [-0.3, -0.25) is 9.10 Å². The van der Waals surface area contributed by atoms with Gasteiger partial charge < -0.3 is 14.8 Å². The fraction of sp³-hybridized carbons (Fsp3) is 0.409. The summed E-state index contributed by atoms with van der Waals surface area (Å²) in [5, 5.41) is 3.29. The van der Waals surface area contributed by atoms with Gasteiger partial charge in [0.15, 0.2) is 0 Å². The Morgan fingerprint density at radius 1 is 1.13 bits per heavy atom. The van der Waals surface area contributed by atoms with E-state index in [9.17, 15) is 13.2 Å². The molecule has 7 nitrogen and oxygen atoms in total. The Hall–Kier alpha value is -2.45. The molecule has 0 aliphatic carbocycles. The van der Waals surface area contributed by atoms with Crippen molar-refractivity contribution < 1.29 is 22.7 Å². The van der Waals surface area contributed by atoms with Crippen molar-refractivity contribution in [2.45, 2.75) is 39.3 Å². The third kappa shape index (κ3) is 5.83. The van der Waals surface area contributed by atoms with Gasteiger partial charge in [-0.15, -0.1) is 0 Å². The lowest BCUT2D eigenvalue weighted by Crippen LogP contribution is -2.48. The third-order valence-electron chi connectivity index (χ3n) is 5.01. The molecule has 0 bridgehead atoms. The van der Waals surface area contributed by atoms with Crippen LogP contribution in [-0.4, -0.2) is 40.8 Å². The van der Waals surface area contributed by atoms with Crippen molar-refractivity contribution in [3.63, 3.8) is 0 Å². The number of ether oxygens (including phenoxy) is 2. The van der Waals surface area contributed by atoms with Crippen LogP contribution in [0.25, 0.3) is 0 Å². The minimum atomic E-state index is -3.82. The van der Waals surface area contributed by atoms with E-state index in [-0.39, 0.29) is 11.7 Å². The molecule has 2 aromatic carbocycles. The molecule has 1 amide bonds. The first kappa shape index (κ1) is 24.8. The van der Waals surface area contributed by atoms with Crippen LogP contribution in [0.15, 0.2) is 36.4 Å². The fourth-order valence-corrected chi connectivity index (χ4v) is 4.78. The lowest BCUT2D eigenvalue weighted by Gasteiger charge is -2.31. The van der Waals surface area contributed by atoms with Crippen LogP contribution in [0.2, 0.25) is 5.02 Å². The highest BCUT2D eigenvalue weighted by Crippen LogP contribution is 2.34. The summed E-state index contributed by atoms with van der Waals surface area (Å²) in [7, 11) is -0.786. The maximum Gasteiger partial charge on any atom is 0.244 e. The summed E-state index contributed by atoms with van der Waals surface area (Å²) in [5.41, 5.74) is 2.06. The monoisotopic (exact) mass is 468 g/mol. The van der Waals surface area contributed by atoms with Crippen molar-refractivity contribution in [3.05, 3.63) is 52.5 Å². The molecule has 0 saturated heterocycles. The molecule has 170 valence electrons. The Bertz CT molecular complexity index is 1040. The van der Waals surface area contributed by atoms with E-state index < -0.39 is 22.0 Å². The van der Waals surface area contributed by atoms with Gasteiger partial charge in [-0.1, -0.05) is 30.7 Å². The molecular weight excluding hydrogens is 440 g/mol. The van der Waals surface area contributed by atoms with Gasteiger partial charge in [-0.25, -0.2) is 8.42 Å². The second kappa shape index (κ2) is 10.2. The predicted molar refractivity (Wildman–Crippen MR) is 124 cm³/mol. The summed E-state index contributed by atoms with van der Waals surface area (Å²) in [6.45, 7) is 5.41. The molecule has 0 heterocycles. The average molecular weight is 469 g/mol. The number of hydrogen-bond acceptors (Lipinski definition) is 5. The van der Waals surface area contributed by atoms with E-state index in [2.05, 4.69) is 5.32 Å². The van der Waals surface area contributed by atoms with Crippen LogP contribution in [0.5, 0.6) is 11.5 Å². The Labute approximate surface area is 189 Å². The maximum atomic E-state index is 13.1. The van der Waals surface area contributed by atoms with Gasteiger partial charge >= 0.3 is 0 Å². The van der Waals surface area contributed by atoms with Crippen molar-refractivity contribution >= 4 is 33.2 Å². The second-order valence-electron chi connectivity index (χ2n) is 7.25. The predicted octanol–water partition coefficient (Wildman–Crippen LogP) is 4.09. The molecule has 0 aromatic heterocycles. The SMILES string of the molecule is CC[C@H](NC(=O)[C@H](C)N(c1cc(Cl)ccc1OC)S(C)(=O)=O)c1ccc(OC)c(C)c1. The van der Waals surface area contributed by atoms with Crippen LogP contribution in [-0.2, 0) is 14.8 Å². The van der Waals surface area contributed by atoms with E-state index in [1.165, 1.54) is 20.1 Å². The number of nitrogens with one attached hydrogen (secondary N) is 1. The molecule has 0 radical (unpaired) electrons. The number of halogens is 1. The number of carbonyl (C=O) groups is 1. The summed E-state index contributed by atoms with van der Waals surface area (Å²) in [6, 6.07) is 8.99. The Balaban J connectivity index is 2.37. The number of anilines is 1. The fourth-order valence-electron chi connectivity index (χ4n) is 3.45. The number of sulfonamides is 1. The van der Waals surface area contributed by atoms with E-state index in [1.807, 2.05) is 32.0 Å². The van der Waals surface area contributed by atoms with E-state index in [1.54, 1.807) is 19.2 Å². The van der Waals surface area contributed by atoms with Gasteiger partial charge in [0.05, 0.1) is 32.2 Å². The van der Waals surface area contributed by atoms with Gasteiger partial charge in [-0.05, 0) is 55.7 Å². The van der Waals surface area contributed by atoms with Crippen LogP contribution < -0.4 is 19.1 Å². The zero-order chi connectivity index (χ0) is 23.3. The molecule has 2 atom stereocenters. The Morgan fingerprint density at radius 2 is 1.74 bits per heavy atom. The number of amides is 1. The largest absolute Gasteiger partial charge is 0.496 e. The molecule has 0 aliphatic heterocycles. The molecule has 2 rings (SSSR count). The van der Waals surface area contributed by atoms with Crippen molar-refractivity contribution in [2.24, 2.45) is 0 Å². The number of hydrogen-bond donors (Lipinski definition) is 1. The van der Waals surface area contributed by atoms with E-state index in [4.69, 9.17) is 21.1 Å². The molecule has 2 aromatic rings. The van der Waals surface area contributed by atoms with Crippen LogP contribution in [0.3, 0.4) is 0 Å².